The first-order valence-corrected chi connectivity index (χ1v) is 7.69. The quantitative estimate of drug-likeness (QED) is 0.916. The van der Waals surface area contributed by atoms with Crippen molar-refractivity contribution in [2.45, 2.75) is 39.7 Å². The van der Waals surface area contributed by atoms with E-state index in [1.807, 2.05) is 36.6 Å². The lowest BCUT2D eigenvalue weighted by Crippen LogP contribution is -2.25. The molecule has 4 heteroatoms. The van der Waals surface area contributed by atoms with Crippen molar-refractivity contribution in [3.63, 3.8) is 0 Å². The van der Waals surface area contributed by atoms with Crippen LogP contribution in [0.1, 0.15) is 41.6 Å². The molecular weight excluding hydrogens is 268 g/mol. The van der Waals surface area contributed by atoms with E-state index >= 15 is 0 Å². The van der Waals surface area contributed by atoms with Gasteiger partial charge in [0.05, 0.1) is 23.7 Å². The number of hydrogen-bond acceptors (Lipinski definition) is 3. The second-order valence-corrected chi connectivity index (χ2v) is 6.10. The zero-order valence-electron chi connectivity index (χ0n) is 12.1. The average Bonchev–Trinajstić information content (AvgIpc) is 2.88. The molecule has 0 atom stereocenters. The SMILES string of the molecule is Cc1ccccc1CC(=O)NCc1csc(C(C)C)n1. The molecule has 1 amide bonds. The van der Waals surface area contributed by atoms with Gasteiger partial charge in [-0.3, -0.25) is 4.79 Å². The fraction of sp³-hybridized carbons (Fsp3) is 0.375. The Kier molecular flexibility index (Phi) is 4.90. The van der Waals surface area contributed by atoms with Crippen molar-refractivity contribution in [1.29, 1.82) is 0 Å². The highest BCUT2D eigenvalue weighted by atomic mass is 32.1. The highest BCUT2D eigenvalue weighted by Gasteiger charge is 2.08. The maximum atomic E-state index is 11.9. The van der Waals surface area contributed by atoms with Gasteiger partial charge in [-0.15, -0.1) is 11.3 Å². The van der Waals surface area contributed by atoms with Gasteiger partial charge in [0.15, 0.2) is 0 Å². The number of carbonyl (C=O) groups excluding carboxylic acids is 1. The molecule has 0 aliphatic heterocycles. The predicted molar refractivity (Wildman–Crippen MR) is 82.9 cm³/mol. The molecule has 0 unspecified atom stereocenters. The molecule has 1 aromatic carbocycles. The van der Waals surface area contributed by atoms with Crippen LogP contribution in [0.15, 0.2) is 29.6 Å². The zero-order valence-corrected chi connectivity index (χ0v) is 13.0. The monoisotopic (exact) mass is 288 g/mol. The number of rotatable bonds is 5. The number of amides is 1. The van der Waals surface area contributed by atoms with Gasteiger partial charge in [0.1, 0.15) is 0 Å². The number of benzene rings is 1. The molecular formula is C16H20N2OS. The summed E-state index contributed by atoms with van der Waals surface area (Å²) in [7, 11) is 0. The first kappa shape index (κ1) is 14.7. The van der Waals surface area contributed by atoms with Crippen LogP contribution in [-0.2, 0) is 17.8 Å². The van der Waals surface area contributed by atoms with Crippen LogP contribution in [0, 0.1) is 6.92 Å². The standard InChI is InChI=1S/C16H20N2OS/c1-11(2)16-18-14(10-20-16)9-17-15(19)8-13-7-5-4-6-12(13)3/h4-7,10-11H,8-9H2,1-3H3,(H,17,19). The van der Waals surface area contributed by atoms with Crippen molar-refractivity contribution in [3.05, 3.63) is 51.5 Å². The molecule has 0 spiro atoms. The van der Waals surface area contributed by atoms with Gasteiger partial charge in [-0.05, 0) is 18.1 Å². The molecule has 106 valence electrons. The lowest BCUT2D eigenvalue weighted by atomic mass is 10.1. The largest absolute Gasteiger partial charge is 0.350 e. The smallest absolute Gasteiger partial charge is 0.224 e. The van der Waals surface area contributed by atoms with Gasteiger partial charge in [-0.2, -0.15) is 0 Å². The molecule has 3 nitrogen and oxygen atoms in total. The average molecular weight is 288 g/mol. The molecule has 1 N–H and O–H groups in total. The number of hydrogen-bond donors (Lipinski definition) is 1. The Hall–Kier alpha value is -1.68. The van der Waals surface area contributed by atoms with E-state index in [1.54, 1.807) is 11.3 Å². The molecule has 0 bridgehead atoms. The van der Waals surface area contributed by atoms with E-state index in [1.165, 1.54) is 0 Å². The maximum absolute atomic E-state index is 11.9. The van der Waals surface area contributed by atoms with E-state index < -0.39 is 0 Å². The summed E-state index contributed by atoms with van der Waals surface area (Å²) in [6.45, 7) is 6.78. The van der Waals surface area contributed by atoms with E-state index in [-0.39, 0.29) is 5.91 Å². The topological polar surface area (TPSA) is 42.0 Å². The molecule has 2 aromatic rings. The van der Waals surface area contributed by atoms with E-state index in [2.05, 4.69) is 24.1 Å². The summed E-state index contributed by atoms with van der Waals surface area (Å²) in [6.07, 6.45) is 0.424. The first-order valence-electron chi connectivity index (χ1n) is 6.81. The summed E-state index contributed by atoms with van der Waals surface area (Å²) in [6, 6.07) is 7.97. The summed E-state index contributed by atoms with van der Waals surface area (Å²) in [5, 5.41) is 6.07. The number of aromatic nitrogens is 1. The normalized spacial score (nSPS) is 10.8. The summed E-state index contributed by atoms with van der Waals surface area (Å²) in [5.74, 6) is 0.481. The lowest BCUT2D eigenvalue weighted by Gasteiger charge is -2.06. The molecule has 1 heterocycles. The molecule has 2 rings (SSSR count). The molecule has 0 saturated heterocycles. The molecule has 0 aliphatic rings. The Morgan fingerprint density at radius 3 is 2.75 bits per heavy atom. The highest BCUT2D eigenvalue weighted by molar-refractivity contribution is 7.09. The lowest BCUT2D eigenvalue weighted by molar-refractivity contribution is -0.120. The van der Waals surface area contributed by atoms with Crippen LogP contribution in [0.4, 0.5) is 0 Å². The van der Waals surface area contributed by atoms with Crippen LogP contribution >= 0.6 is 11.3 Å². The first-order chi connectivity index (χ1) is 9.56. The Bertz CT molecular complexity index is 590. The Balaban J connectivity index is 1.87. The van der Waals surface area contributed by atoms with Crippen molar-refractivity contribution in [3.8, 4) is 0 Å². The summed E-state index contributed by atoms with van der Waals surface area (Å²) < 4.78 is 0. The van der Waals surface area contributed by atoms with Crippen molar-refractivity contribution in [2.24, 2.45) is 0 Å². The number of aryl methyl sites for hydroxylation is 1. The van der Waals surface area contributed by atoms with Crippen LogP contribution in [0.25, 0.3) is 0 Å². The van der Waals surface area contributed by atoms with E-state index in [9.17, 15) is 4.79 Å². The van der Waals surface area contributed by atoms with Crippen molar-refractivity contribution < 1.29 is 4.79 Å². The molecule has 20 heavy (non-hydrogen) atoms. The fourth-order valence-electron chi connectivity index (χ4n) is 1.90. The van der Waals surface area contributed by atoms with Crippen LogP contribution < -0.4 is 5.32 Å². The maximum Gasteiger partial charge on any atom is 0.224 e. The molecule has 0 fully saturated rings. The van der Waals surface area contributed by atoms with Crippen molar-refractivity contribution in [2.75, 3.05) is 0 Å². The number of thiazole rings is 1. The van der Waals surface area contributed by atoms with Gasteiger partial charge < -0.3 is 5.32 Å². The summed E-state index contributed by atoms with van der Waals surface area (Å²) in [4.78, 5) is 16.5. The van der Waals surface area contributed by atoms with Gasteiger partial charge in [0, 0.05) is 11.3 Å². The van der Waals surface area contributed by atoms with Crippen molar-refractivity contribution >= 4 is 17.2 Å². The Morgan fingerprint density at radius 1 is 1.35 bits per heavy atom. The number of nitrogens with zero attached hydrogens (tertiary/aromatic N) is 1. The minimum atomic E-state index is 0.0402. The second kappa shape index (κ2) is 6.66. The van der Waals surface area contributed by atoms with Gasteiger partial charge in [-0.1, -0.05) is 38.1 Å². The Labute approximate surface area is 124 Å². The van der Waals surface area contributed by atoms with E-state index in [0.29, 0.717) is 18.9 Å². The minimum absolute atomic E-state index is 0.0402. The third kappa shape index (κ3) is 3.90. The highest BCUT2D eigenvalue weighted by Crippen LogP contribution is 2.19. The van der Waals surface area contributed by atoms with Crippen LogP contribution in [-0.4, -0.2) is 10.9 Å². The molecule has 0 saturated carbocycles. The molecule has 0 radical (unpaired) electrons. The minimum Gasteiger partial charge on any atom is -0.350 e. The van der Waals surface area contributed by atoms with Gasteiger partial charge in [0.25, 0.3) is 0 Å². The van der Waals surface area contributed by atoms with E-state index in [4.69, 9.17) is 0 Å². The zero-order chi connectivity index (χ0) is 14.5. The van der Waals surface area contributed by atoms with Gasteiger partial charge in [0.2, 0.25) is 5.91 Å². The fourth-order valence-corrected chi connectivity index (χ4v) is 2.74. The Morgan fingerprint density at radius 2 is 2.10 bits per heavy atom. The second-order valence-electron chi connectivity index (χ2n) is 5.21. The third-order valence-electron chi connectivity index (χ3n) is 3.14. The van der Waals surface area contributed by atoms with Gasteiger partial charge >= 0.3 is 0 Å². The van der Waals surface area contributed by atoms with Crippen LogP contribution in [0.5, 0.6) is 0 Å². The number of carbonyl (C=O) groups is 1. The number of nitrogens with one attached hydrogen (secondary N) is 1. The summed E-state index contributed by atoms with van der Waals surface area (Å²) >= 11 is 1.65. The summed E-state index contributed by atoms with van der Waals surface area (Å²) in [5.41, 5.74) is 3.17. The van der Waals surface area contributed by atoms with Crippen LogP contribution in [0.2, 0.25) is 0 Å². The van der Waals surface area contributed by atoms with Gasteiger partial charge in [-0.25, -0.2) is 4.98 Å². The van der Waals surface area contributed by atoms with Crippen LogP contribution in [0.3, 0.4) is 0 Å². The third-order valence-corrected chi connectivity index (χ3v) is 4.34. The molecule has 0 aliphatic carbocycles. The van der Waals surface area contributed by atoms with Crippen molar-refractivity contribution in [1.82, 2.24) is 10.3 Å². The molecule has 1 aromatic heterocycles. The predicted octanol–water partition coefficient (Wildman–Crippen LogP) is 3.43. The van der Waals surface area contributed by atoms with E-state index in [0.717, 1.165) is 21.8 Å².